The number of fused-ring (bicyclic) bond motifs is 1. The van der Waals surface area contributed by atoms with Gasteiger partial charge in [0, 0.05) is 13.2 Å². The summed E-state index contributed by atoms with van der Waals surface area (Å²) in [7, 11) is 0. The topological polar surface area (TPSA) is 95.3 Å². The Kier molecular flexibility index (Phi) is 5.46. The number of thiophene rings is 1. The van der Waals surface area contributed by atoms with Crippen LogP contribution in [0.25, 0.3) is 10.2 Å². The largest absolute Gasteiger partial charge is 0.477 e. The van der Waals surface area contributed by atoms with Crippen molar-refractivity contribution < 1.29 is 15.0 Å². The maximum atomic E-state index is 11.2. The summed E-state index contributed by atoms with van der Waals surface area (Å²) in [5.41, 5.74) is 0.714. The fourth-order valence-corrected chi connectivity index (χ4v) is 3.19. The lowest BCUT2D eigenvalue weighted by Crippen LogP contribution is -2.04. The number of anilines is 1. The molecule has 7 heteroatoms. The number of nitrogens with zero attached hydrogens (tertiary/aromatic N) is 2. The van der Waals surface area contributed by atoms with Crippen LogP contribution >= 0.6 is 11.3 Å². The highest BCUT2D eigenvalue weighted by molar-refractivity contribution is 7.20. The highest BCUT2D eigenvalue weighted by Crippen LogP contribution is 2.33. The number of aromatic nitrogens is 2. The summed E-state index contributed by atoms with van der Waals surface area (Å²) >= 11 is 1.18. The zero-order valence-electron chi connectivity index (χ0n) is 11.9. The Bertz CT molecular complexity index is 627. The van der Waals surface area contributed by atoms with Gasteiger partial charge in [-0.2, -0.15) is 0 Å². The quantitative estimate of drug-likeness (QED) is 0.649. The molecule has 0 fully saturated rings. The van der Waals surface area contributed by atoms with Crippen LogP contribution in [0, 0.1) is 6.92 Å². The number of carboxylic acid groups (broad SMARTS) is 1. The van der Waals surface area contributed by atoms with Crippen molar-refractivity contribution in [2.45, 2.75) is 32.6 Å². The van der Waals surface area contributed by atoms with Crippen LogP contribution in [0.15, 0.2) is 6.33 Å². The Morgan fingerprint density at radius 1 is 1.29 bits per heavy atom. The van der Waals surface area contributed by atoms with E-state index in [-0.39, 0.29) is 6.61 Å². The zero-order chi connectivity index (χ0) is 15.2. The van der Waals surface area contributed by atoms with Gasteiger partial charge in [0.1, 0.15) is 21.9 Å². The van der Waals surface area contributed by atoms with Gasteiger partial charge >= 0.3 is 5.97 Å². The Balaban J connectivity index is 2.08. The van der Waals surface area contributed by atoms with E-state index in [9.17, 15) is 9.90 Å². The average Bonchev–Trinajstić information content (AvgIpc) is 2.81. The molecule has 2 aromatic rings. The molecule has 0 amide bonds. The van der Waals surface area contributed by atoms with Crippen LogP contribution in [0.1, 0.15) is 40.9 Å². The normalized spacial score (nSPS) is 11.0. The zero-order valence-corrected chi connectivity index (χ0v) is 12.7. The molecule has 0 radical (unpaired) electrons. The Morgan fingerprint density at radius 3 is 2.76 bits per heavy atom. The van der Waals surface area contributed by atoms with Gasteiger partial charge in [0.05, 0.1) is 5.39 Å². The van der Waals surface area contributed by atoms with Crippen LogP contribution in [0.4, 0.5) is 5.82 Å². The van der Waals surface area contributed by atoms with Crippen LogP contribution in [-0.2, 0) is 0 Å². The molecule has 3 N–H and O–H groups in total. The average molecular weight is 309 g/mol. The smallest absolute Gasteiger partial charge is 0.346 e. The van der Waals surface area contributed by atoms with E-state index in [1.165, 1.54) is 17.7 Å². The molecular formula is C14H19N3O3S. The van der Waals surface area contributed by atoms with Crippen molar-refractivity contribution in [3.8, 4) is 0 Å². The fourth-order valence-electron chi connectivity index (χ4n) is 2.21. The first-order valence-corrected chi connectivity index (χ1v) is 7.79. The predicted molar refractivity (Wildman–Crippen MR) is 83.2 cm³/mol. The van der Waals surface area contributed by atoms with Gasteiger partial charge in [-0.1, -0.05) is 12.8 Å². The molecule has 21 heavy (non-hydrogen) atoms. The number of aliphatic hydroxyl groups is 1. The minimum absolute atomic E-state index is 0.242. The number of carbonyl (C=O) groups is 1. The molecule has 0 bridgehead atoms. The molecule has 2 aromatic heterocycles. The van der Waals surface area contributed by atoms with Crippen LogP contribution in [0.3, 0.4) is 0 Å². The summed E-state index contributed by atoms with van der Waals surface area (Å²) in [6.07, 6.45) is 5.34. The van der Waals surface area contributed by atoms with Gasteiger partial charge in [0.25, 0.3) is 0 Å². The number of carboxylic acids is 1. The number of rotatable bonds is 8. The second-order valence-electron chi connectivity index (χ2n) is 4.83. The summed E-state index contributed by atoms with van der Waals surface area (Å²) in [6.45, 7) is 2.80. The lowest BCUT2D eigenvalue weighted by Gasteiger charge is -2.07. The van der Waals surface area contributed by atoms with E-state index in [2.05, 4.69) is 15.3 Å². The van der Waals surface area contributed by atoms with Gasteiger partial charge in [-0.15, -0.1) is 11.3 Å². The number of hydrogen-bond acceptors (Lipinski definition) is 6. The van der Waals surface area contributed by atoms with Gasteiger partial charge in [-0.25, -0.2) is 14.8 Å². The lowest BCUT2D eigenvalue weighted by atomic mass is 10.2. The predicted octanol–water partition coefficient (Wildman–Crippen LogP) is 2.66. The number of nitrogens with one attached hydrogen (secondary N) is 1. The van der Waals surface area contributed by atoms with Crippen LogP contribution in [0.5, 0.6) is 0 Å². The second-order valence-corrected chi connectivity index (χ2v) is 5.83. The Morgan fingerprint density at radius 2 is 2.05 bits per heavy atom. The molecule has 114 valence electrons. The third-order valence-electron chi connectivity index (χ3n) is 3.30. The molecule has 0 aliphatic rings. The first-order chi connectivity index (χ1) is 10.1. The van der Waals surface area contributed by atoms with Gasteiger partial charge in [-0.05, 0) is 25.3 Å². The molecule has 0 aliphatic carbocycles. The molecule has 0 saturated carbocycles. The maximum Gasteiger partial charge on any atom is 0.346 e. The first kappa shape index (κ1) is 15.7. The molecule has 0 saturated heterocycles. The molecule has 0 aliphatic heterocycles. The minimum atomic E-state index is -0.926. The van der Waals surface area contributed by atoms with E-state index >= 15 is 0 Å². The van der Waals surface area contributed by atoms with Gasteiger partial charge in [0.2, 0.25) is 0 Å². The van der Waals surface area contributed by atoms with Crippen molar-refractivity contribution in [2.24, 2.45) is 0 Å². The standard InChI is InChI=1S/C14H19N3O3S/c1-9-10-12(15-6-4-2-3-5-7-18)16-8-17-13(10)21-11(9)14(19)20/h8,18H,2-7H2,1H3,(H,19,20)(H,15,16,17). The van der Waals surface area contributed by atoms with E-state index in [4.69, 9.17) is 5.11 Å². The van der Waals surface area contributed by atoms with E-state index in [0.29, 0.717) is 21.1 Å². The molecule has 0 atom stereocenters. The molecule has 2 rings (SSSR count). The van der Waals surface area contributed by atoms with Crippen LogP contribution < -0.4 is 5.32 Å². The molecule has 2 heterocycles. The highest BCUT2D eigenvalue weighted by atomic mass is 32.1. The third kappa shape index (κ3) is 3.68. The van der Waals surface area contributed by atoms with Crippen molar-refractivity contribution in [3.63, 3.8) is 0 Å². The summed E-state index contributed by atoms with van der Waals surface area (Å²) < 4.78 is 0. The van der Waals surface area contributed by atoms with Crippen molar-refractivity contribution in [1.29, 1.82) is 0 Å². The molecule has 0 spiro atoms. The first-order valence-electron chi connectivity index (χ1n) is 6.97. The SMILES string of the molecule is Cc1c(C(=O)O)sc2ncnc(NCCCCCCO)c12. The van der Waals surface area contributed by atoms with Crippen molar-refractivity contribution in [3.05, 3.63) is 16.8 Å². The lowest BCUT2D eigenvalue weighted by molar-refractivity contribution is 0.0701. The van der Waals surface area contributed by atoms with Crippen molar-refractivity contribution in [2.75, 3.05) is 18.5 Å². The van der Waals surface area contributed by atoms with Crippen LogP contribution in [0.2, 0.25) is 0 Å². The Hall–Kier alpha value is -1.73. The number of unbranched alkanes of at least 4 members (excludes halogenated alkanes) is 3. The summed E-state index contributed by atoms with van der Waals surface area (Å²) in [5.74, 6) is -0.228. The van der Waals surface area contributed by atoms with E-state index in [0.717, 1.165) is 37.6 Å². The molecule has 0 aromatic carbocycles. The summed E-state index contributed by atoms with van der Waals surface area (Å²) in [4.78, 5) is 20.6. The van der Waals surface area contributed by atoms with Gasteiger partial charge in [0.15, 0.2) is 0 Å². The highest BCUT2D eigenvalue weighted by Gasteiger charge is 2.18. The molecule has 6 nitrogen and oxygen atoms in total. The summed E-state index contributed by atoms with van der Waals surface area (Å²) in [6, 6.07) is 0. The summed E-state index contributed by atoms with van der Waals surface area (Å²) in [5, 5.41) is 22.0. The molecule has 0 unspecified atom stereocenters. The van der Waals surface area contributed by atoms with Crippen LogP contribution in [-0.4, -0.2) is 39.3 Å². The number of hydrogen-bond donors (Lipinski definition) is 3. The second kappa shape index (κ2) is 7.33. The van der Waals surface area contributed by atoms with E-state index < -0.39 is 5.97 Å². The van der Waals surface area contributed by atoms with E-state index in [1.54, 1.807) is 6.92 Å². The van der Waals surface area contributed by atoms with Crippen molar-refractivity contribution in [1.82, 2.24) is 9.97 Å². The monoisotopic (exact) mass is 309 g/mol. The fraction of sp³-hybridized carbons (Fsp3) is 0.500. The van der Waals surface area contributed by atoms with Gasteiger partial charge < -0.3 is 15.5 Å². The van der Waals surface area contributed by atoms with Crippen molar-refractivity contribution >= 4 is 33.3 Å². The number of aryl methyl sites for hydroxylation is 1. The number of aromatic carboxylic acids is 1. The van der Waals surface area contributed by atoms with E-state index in [1.807, 2.05) is 0 Å². The molecular weight excluding hydrogens is 290 g/mol. The Labute approximate surface area is 126 Å². The third-order valence-corrected chi connectivity index (χ3v) is 4.49. The van der Waals surface area contributed by atoms with Gasteiger partial charge in [-0.3, -0.25) is 0 Å². The number of aliphatic hydroxyl groups excluding tert-OH is 1. The minimum Gasteiger partial charge on any atom is -0.477 e. The maximum absolute atomic E-state index is 11.2.